The lowest BCUT2D eigenvalue weighted by atomic mass is 9.61. The molecular weight excluding hydrogens is 176 g/mol. The highest BCUT2D eigenvalue weighted by atomic mass is 16.3. The molecule has 2 nitrogen and oxygen atoms in total. The minimum absolute atomic E-state index is 0.443. The van der Waals surface area contributed by atoms with Crippen molar-refractivity contribution >= 4 is 0 Å². The summed E-state index contributed by atoms with van der Waals surface area (Å²) in [6.07, 6.45) is 5.70. The number of aliphatic hydroxyl groups is 2. The first-order valence-electron chi connectivity index (χ1n) is 5.86. The largest absolute Gasteiger partial charge is 0.390 e. The van der Waals surface area contributed by atoms with E-state index >= 15 is 0 Å². The molecule has 0 aromatic carbocycles. The average molecular weight is 198 g/mol. The first-order valence-corrected chi connectivity index (χ1v) is 5.86. The van der Waals surface area contributed by atoms with E-state index in [0.717, 1.165) is 25.7 Å². The van der Waals surface area contributed by atoms with Crippen molar-refractivity contribution in [1.82, 2.24) is 0 Å². The first-order chi connectivity index (χ1) is 6.41. The molecular formula is C12H22O2. The maximum Gasteiger partial charge on any atom is 0.0705 e. The minimum atomic E-state index is -0.637. The van der Waals surface area contributed by atoms with Crippen molar-refractivity contribution in [3.63, 3.8) is 0 Å². The highest BCUT2D eigenvalue weighted by Crippen LogP contribution is 2.48. The fourth-order valence-electron chi connectivity index (χ4n) is 3.49. The van der Waals surface area contributed by atoms with Gasteiger partial charge < -0.3 is 10.2 Å². The lowest BCUT2D eigenvalue weighted by molar-refractivity contribution is -0.150. The Morgan fingerprint density at radius 3 is 2.57 bits per heavy atom. The van der Waals surface area contributed by atoms with Gasteiger partial charge in [-0.15, -0.1) is 0 Å². The van der Waals surface area contributed by atoms with Crippen molar-refractivity contribution in [1.29, 1.82) is 0 Å². The van der Waals surface area contributed by atoms with Crippen LogP contribution in [0.4, 0.5) is 0 Å². The van der Waals surface area contributed by atoms with Crippen LogP contribution in [-0.4, -0.2) is 21.4 Å². The van der Waals surface area contributed by atoms with Crippen molar-refractivity contribution in [3.8, 4) is 0 Å². The van der Waals surface area contributed by atoms with E-state index in [9.17, 15) is 10.2 Å². The highest BCUT2D eigenvalue weighted by Gasteiger charge is 2.48. The first kappa shape index (κ1) is 10.4. The molecule has 2 saturated carbocycles. The zero-order valence-electron chi connectivity index (χ0n) is 9.29. The molecule has 14 heavy (non-hydrogen) atoms. The van der Waals surface area contributed by atoms with E-state index in [2.05, 4.69) is 6.92 Å². The van der Waals surface area contributed by atoms with Crippen LogP contribution in [0.3, 0.4) is 0 Å². The molecule has 4 atom stereocenters. The summed E-state index contributed by atoms with van der Waals surface area (Å²) in [7, 11) is 0. The molecule has 0 bridgehead atoms. The Morgan fingerprint density at radius 1 is 1.14 bits per heavy atom. The third-order valence-electron chi connectivity index (χ3n) is 4.19. The third kappa shape index (κ3) is 1.82. The fraction of sp³-hybridized carbons (Fsp3) is 1.00. The molecule has 2 heteroatoms. The number of hydrogen-bond donors (Lipinski definition) is 2. The molecule has 82 valence electrons. The van der Waals surface area contributed by atoms with Crippen LogP contribution in [-0.2, 0) is 0 Å². The second kappa shape index (κ2) is 3.21. The second-order valence-electron chi connectivity index (χ2n) is 5.90. The van der Waals surface area contributed by atoms with Gasteiger partial charge in [0.2, 0.25) is 0 Å². The molecule has 0 aromatic rings. The van der Waals surface area contributed by atoms with E-state index in [4.69, 9.17) is 0 Å². The van der Waals surface area contributed by atoms with E-state index in [1.54, 1.807) is 0 Å². The summed E-state index contributed by atoms with van der Waals surface area (Å²) in [6, 6.07) is 0. The number of rotatable bonds is 0. The summed E-state index contributed by atoms with van der Waals surface area (Å²) >= 11 is 0. The van der Waals surface area contributed by atoms with Gasteiger partial charge in [-0.3, -0.25) is 0 Å². The van der Waals surface area contributed by atoms with E-state index in [-0.39, 0.29) is 0 Å². The molecule has 0 radical (unpaired) electrons. The van der Waals surface area contributed by atoms with Crippen molar-refractivity contribution in [2.45, 2.75) is 63.6 Å². The zero-order chi connectivity index (χ0) is 10.4. The molecule has 0 spiro atoms. The van der Waals surface area contributed by atoms with Crippen LogP contribution in [0.5, 0.6) is 0 Å². The van der Waals surface area contributed by atoms with Gasteiger partial charge in [0.05, 0.1) is 11.2 Å². The molecule has 0 saturated heterocycles. The Morgan fingerprint density at radius 2 is 1.86 bits per heavy atom. The van der Waals surface area contributed by atoms with Gasteiger partial charge in [0.15, 0.2) is 0 Å². The number of hydrogen-bond acceptors (Lipinski definition) is 2. The summed E-state index contributed by atoms with van der Waals surface area (Å²) in [6.45, 7) is 4.07. The molecule has 0 heterocycles. The summed E-state index contributed by atoms with van der Waals surface area (Å²) in [5.41, 5.74) is -1.21. The van der Waals surface area contributed by atoms with Gasteiger partial charge in [0, 0.05) is 6.42 Å². The Balaban J connectivity index is 2.13. The summed E-state index contributed by atoms with van der Waals surface area (Å²) in [5, 5.41) is 20.5. The normalized spacial score (nSPS) is 54.0. The molecule has 0 aliphatic heterocycles. The third-order valence-corrected chi connectivity index (χ3v) is 4.19. The molecule has 2 rings (SSSR count). The highest BCUT2D eigenvalue weighted by molar-refractivity contribution is 5.00. The Bertz CT molecular complexity index is 224. The van der Waals surface area contributed by atoms with Crippen molar-refractivity contribution in [3.05, 3.63) is 0 Å². The van der Waals surface area contributed by atoms with Gasteiger partial charge in [-0.2, -0.15) is 0 Å². The van der Waals surface area contributed by atoms with Crippen molar-refractivity contribution in [2.75, 3.05) is 0 Å². The predicted molar refractivity (Wildman–Crippen MR) is 55.9 cm³/mol. The van der Waals surface area contributed by atoms with Crippen LogP contribution in [0, 0.1) is 11.8 Å². The Hall–Kier alpha value is -0.0800. The van der Waals surface area contributed by atoms with Gasteiger partial charge in [0.1, 0.15) is 0 Å². The van der Waals surface area contributed by atoms with E-state index in [1.807, 2.05) is 6.92 Å². The monoisotopic (exact) mass is 198 g/mol. The van der Waals surface area contributed by atoms with Gasteiger partial charge in [-0.25, -0.2) is 0 Å². The lowest BCUT2D eigenvalue weighted by Gasteiger charge is -2.50. The Labute approximate surface area is 86.3 Å². The lowest BCUT2D eigenvalue weighted by Crippen LogP contribution is -2.52. The second-order valence-corrected chi connectivity index (χ2v) is 5.90. The molecule has 2 N–H and O–H groups in total. The van der Waals surface area contributed by atoms with E-state index in [1.165, 1.54) is 6.42 Å². The summed E-state index contributed by atoms with van der Waals surface area (Å²) in [5.74, 6) is 1.06. The van der Waals surface area contributed by atoms with Crippen molar-refractivity contribution < 1.29 is 10.2 Å². The van der Waals surface area contributed by atoms with Crippen LogP contribution < -0.4 is 0 Å². The maximum atomic E-state index is 10.5. The quantitative estimate of drug-likeness (QED) is 0.625. The molecule has 2 fully saturated rings. The molecule has 0 amide bonds. The van der Waals surface area contributed by atoms with Crippen molar-refractivity contribution in [2.24, 2.45) is 11.8 Å². The van der Waals surface area contributed by atoms with Gasteiger partial charge in [-0.05, 0) is 44.4 Å². The minimum Gasteiger partial charge on any atom is -0.390 e. The standard InChI is InChI=1S/C12H22O2/c1-9-3-4-10-5-6-11(2,13)8-12(10,14)7-9/h9-10,13-14H,3-8H2,1-2H3/t9?,10?,11-,12-/m1/s1. The van der Waals surface area contributed by atoms with E-state index in [0.29, 0.717) is 18.3 Å². The van der Waals surface area contributed by atoms with Crippen LogP contribution in [0.15, 0.2) is 0 Å². The van der Waals surface area contributed by atoms with Gasteiger partial charge >= 0.3 is 0 Å². The van der Waals surface area contributed by atoms with E-state index < -0.39 is 11.2 Å². The maximum absolute atomic E-state index is 10.5. The average Bonchev–Trinajstić information content (AvgIpc) is 1.99. The molecule has 2 unspecified atom stereocenters. The summed E-state index contributed by atoms with van der Waals surface area (Å²) < 4.78 is 0. The SMILES string of the molecule is CC1CCC2CC[C@@](C)(O)C[C@]2(O)C1. The molecule has 2 aliphatic carbocycles. The zero-order valence-corrected chi connectivity index (χ0v) is 9.29. The molecule has 2 aliphatic rings. The summed E-state index contributed by atoms with van der Waals surface area (Å²) in [4.78, 5) is 0. The Kier molecular flexibility index (Phi) is 2.39. The van der Waals surface area contributed by atoms with Gasteiger partial charge in [0.25, 0.3) is 0 Å². The van der Waals surface area contributed by atoms with Crippen LogP contribution >= 0.6 is 0 Å². The van der Waals surface area contributed by atoms with Crippen LogP contribution in [0.1, 0.15) is 52.4 Å². The fourth-order valence-corrected chi connectivity index (χ4v) is 3.49. The van der Waals surface area contributed by atoms with Crippen LogP contribution in [0.2, 0.25) is 0 Å². The topological polar surface area (TPSA) is 40.5 Å². The predicted octanol–water partition coefficient (Wildman–Crippen LogP) is 2.09. The number of fused-ring (bicyclic) bond motifs is 1. The molecule has 0 aromatic heterocycles. The smallest absolute Gasteiger partial charge is 0.0705 e. The van der Waals surface area contributed by atoms with Crippen LogP contribution in [0.25, 0.3) is 0 Å². The van der Waals surface area contributed by atoms with Gasteiger partial charge in [-0.1, -0.05) is 13.3 Å².